The van der Waals surface area contributed by atoms with E-state index in [0.29, 0.717) is 13.0 Å². The summed E-state index contributed by atoms with van der Waals surface area (Å²) in [5.74, 6) is 0.128. The van der Waals surface area contributed by atoms with Crippen LogP contribution < -0.4 is 5.73 Å². The second kappa shape index (κ2) is 3.57. The average molecular weight is 225 g/mol. The second-order valence-corrected chi connectivity index (χ2v) is 5.26. The Bertz CT molecular complexity index is 361. The van der Waals surface area contributed by atoms with Crippen LogP contribution in [-0.2, 0) is 10.3 Å². The predicted octanol–water partition coefficient (Wildman–Crippen LogP) is 0.938. The molecule has 0 radical (unpaired) electrons. The van der Waals surface area contributed by atoms with E-state index in [0.717, 1.165) is 5.01 Å². The summed E-state index contributed by atoms with van der Waals surface area (Å²) in [4.78, 5) is 17.9. The number of amides is 1. The molecule has 5 heteroatoms. The van der Waals surface area contributed by atoms with Gasteiger partial charge in [0.25, 0.3) is 0 Å². The molecular formula is C10H15N3OS. The second-order valence-electron chi connectivity index (χ2n) is 4.36. The normalized spacial score (nSPS) is 22.5. The molecular weight excluding hydrogens is 210 g/mol. The van der Waals surface area contributed by atoms with E-state index in [-0.39, 0.29) is 17.5 Å². The van der Waals surface area contributed by atoms with Crippen LogP contribution in [-0.4, -0.2) is 28.4 Å². The van der Waals surface area contributed by atoms with E-state index in [1.807, 2.05) is 24.1 Å². The van der Waals surface area contributed by atoms with Crippen molar-refractivity contribution in [1.29, 1.82) is 0 Å². The topological polar surface area (TPSA) is 59.2 Å². The summed E-state index contributed by atoms with van der Waals surface area (Å²) in [6, 6.07) is -0.0308. The van der Waals surface area contributed by atoms with E-state index in [2.05, 4.69) is 4.98 Å². The third-order valence-electron chi connectivity index (χ3n) is 2.79. The Balaban J connectivity index is 2.26. The zero-order valence-electron chi connectivity index (χ0n) is 8.93. The lowest BCUT2D eigenvalue weighted by Crippen LogP contribution is -2.43. The fraction of sp³-hybridized carbons (Fsp3) is 0.600. The van der Waals surface area contributed by atoms with Crippen LogP contribution in [0, 0.1) is 0 Å². The summed E-state index contributed by atoms with van der Waals surface area (Å²) in [5, 5.41) is 2.89. The molecule has 0 aromatic carbocycles. The van der Waals surface area contributed by atoms with E-state index in [4.69, 9.17) is 5.73 Å². The maximum Gasteiger partial charge on any atom is 0.225 e. The Hall–Kier alpha value is -0.940. The molecule has 1 saturated heterocycles. The van der Waals surface area contributed by atoms with Crippen molar-refractivity contribution in [3.8, 4) is 0 Å². The van der Waals surface area contributed by atoms with Gasteiger partial charge < -0.3 is 10.6 Å². The first-order valence-electron chi connectivity index (χ1n) is 4.98. The lowest BCUT2D eigenvalue weighted by molar-refractivity contribution is -0.132. The molecule has 2 N–H and O–H groups in total. The molecule has 1 aliphatic rings. The van der Waals surface area contributed by atoms with Crippen LogP contribution in [0.4, 0.5) is 0 Å². The fourth-order valence-corrected chi connectivity index (χ4v) is 2.69. The van der Waals surface area contributed by atoms with Crippen molar-refractivity contribution in [2.45, 2.75) is 31.8 Å². The highest BCUT2D eigenvalue weighted by atomic mass is 32.1. The lowest BCUT2D eigenvalue weighted by atomic mass is 10.0. The Kier molecular flexibility index (Phi) is 2.52. The van der Waals surface area contributed by atoms with Crippen LogP contribution >= 0.6 is 11.3 Å². The number of hydrogen-bond acceptors (Lipinski definition) is 4. The van der Waals surface area contributed by atoms with E-state index < -0.39 is 0 Å². The summed E-state index contributed by atoms with van der Waals surface area (Å²) >= 11 is 1.57. The van der Waals surface area contributed by atoms with E-state index in [1.54, 1.807) is 17.5 Å². The first-order valence-corrected chi connectivity index (χ1v) is 5.86. The Labute approximate surface area is 93.1 Å². The minimum absolute atomic E-state index is 0.0308. The monoisotopic (exact) mass is 225 g/mol. The fourth-order valence-electron chi connectivity index (χ4n) is 1.92. The average Bonchev–Trinajstić information content (AvgIpc) is 2.74. The van der Waals surface area contributed by atoms with Gasteiger partial charge in [0.05, 0.1) is 5.54 Å². The Morgan fingerprint density at radius 2 is 2.40 bits per heavy atom. The number of aromatic nitrogens is 1. The maximum atomic E-state index is 11.7. The molecule has 1 aromatic heterocycles. The molecule has 0 bridgehead atoms. The van der Waals surface area contributed by atoms with Gasteiger partial charge in [0.15, 0.2) is 0 Å². The van der Waals surface area contributed by atoms with Gasteiger partial charge in [-0.3, -0.25) is 4.79 Å². The number of carbonyl (C=O) groups is 1. The van der Waals surface area contributed by atoms with Crippen molar-refractivity contribution in [2.75, 3.05) is 6.54 Å². The highest BCUT2D eigenvalue weighted by molar-refractivity contribution is 7.09. The predicted molar refractivity (Wildman–Crippen MR) is 59.4 cm³/mol. The van der Waals surface area contributed by atoms with Gasteiger partial charge in [0, 0.05) is 30.6 Å². The number of rotatable bonds is 2. The maximum absolute atomic E-state index is 11.7. The zero-order chi connectivity index (χ0) is 11.1. The Morgan fingerprint density at radius 1 is 1.67 bits per heavy atom. The van der Waals surface area contributed by atoms with Crippen molar-refractivity contribution in [1.82, 2.24) is 9.88 Å². The van der Waals surface area contributed by atoms with Crippen LogP contribution in [0.25, 0.3) is 0 Å². The van der Waals surface area contributed by atoms with Gasteiger partial charge in [-0.25, -0.2) is 4.98 Å². The molecule has 82 valence electrons. The van der Waals surface area contributed by atoms with Gasteiger partial charge in [-0.2, -0.15) is 0 Å². The van der Waals surface area contributed by atoms with Gasteiger partial charge in [0.2, 0.25) is 5.91 Å². The van der Waals surface area contributed by atoms with E-state index in [9.17, 15) is 4.79 Å². The van der Waals surface area contributed by atoms with Crippen molar-refractivity contribution in [3.63, 3.8) is 0 Å². The summed E-state index contributed by atoms with van der Waals surface area (Å²) in [6.07, 6.45) is 2.22. The van der Waals surface area contributed by atoms with Crippen LogP contribution in [0.2, 0.25) is 0 Å². The van der Waals surface area contributed by atoms with Crippen molar-refractivity contribution in [3.05, 3.63) is 16.6 Å². The molecule has 1 unspecified atom stereocenters. The molecule has 4 nitrogen and oxygen atoms in total. The molecule has 1 atom stereocenters. The number of nitrogens with two attached hydrogens (primary N) is 1. The minimum atomic E-state index is -0.334. The summed E-state index contributed by atoms with van der Waals surface area (Å²) in [6.45, 7) is 4.66. The van der Waals surface area contributed by atoms with Crippen molar-refractivity contribution >= 4 is 17.2 Å². The van der Waals surface area contributed by atoms with Crippen LogP contribution in [0.3, 0.4) is 0 Å². The highest BCUT2D eigenvalue weighted by Gasteiger charge is 2.39. The van der Waals surface area contributed by atoms with E-state index in [1.165, 1.54) is 0 Å². The van der Waals surface area contributed by atoms with Crippen molar-refractivity contribution in [2.24, 2.45) is 5.73 Å². The van der Waals surface area contributed by atoms with Crippen LogP contribution in [0.15, 0.2) is 11.6 Å². The summed E-state index contributed by atoms with van der Waals surface area (Å²) in [5.41, 5.74) is 5.45. The van der Waals surface area contributed by atoms with Gasteiger partial charge in [-0.15, -0.1) is 11.3 Å². The molecule has 1 aromatic rings. The zero-order valence-corrected chi connectivity index (χ0v) is 9.75. The Morgan fingerprint density at radius 3 is 2.87 bits per heavy atom. The standard InChI is InChI=1S/C10H15N3OS/c1-10(2,9-12-3-4-15-9)13-6-7(11)5-8(13)14/h3-4,7H,5-6,11H2,1-2H3. The van der Waals surface area contributed by atoms with Crippen LogP contribution in [0.5, 0.6) is 0 Å². The molecule has 1 fully saturated rings. The third kappa shape index (κ3) is 1.77. The molecule has 15 heavy (non-hydrogen) atoms. The highest BCUT2D eigenvalue weighted by Crippen LogP contribution is 2.32. The van der Waals surface area contributed by atoms with E-state index >= 15 is 0 Å². The quantitative estimate of drug-likeness (QED) is 0.815. The molecule has 2 rings (SSSR count). The van der Waals surface area contributed by atoms with Gasteiger partial charge in [-0.1, -0.05) is 0 Å². The van der Waals surface area contributed by atoms with Gasteiger partial charge in [0.1, 0.15) is 5.01 Å². The summed E-state index contributed by atoms with van der Waals surface area (Å²) < 4.78 is 0. The summed E-state index contributed by atoms with van der Waals surface area (Å²) in [7, 11) is 0. The molecule has 0 saturated carbocycles. The third-order valence-corrected chi connectivity index (χ3v) is 3.87. The minimum Gasteiger partial charge on any atom is -0.329 e. The molecule has 1 aliphatic heterocycles. The lowest BCUT2D eigenvalue weighted by Gasteiger charge is -2.33. The number of hydrogen-bond donors (Lipinski definition) is 1. The molecule has 0 spiro atoms. The molecule has 0 aliphatic carbocycles. The molecule has 1 amide bonds. The first-order chi connectivity index (χ1) is 7.01. The van der Waals surface area contributed by atoms with Crippen molar-refractivity contribution < 1.29 is 4.79 Å². The largest absolute Gasteiger partial charge is 0.329 e. The number of thiazole rings is 1. The smallest absolute Gasteiger partial charge is 0.225 e. The number of carbonyl (C=O) groups excluding carboxylic acids is 1. The van der Waals surface area contributed by atoms with Gasteiger partial charge in [-0.05, 0) is 13.8 Å². The van der Waals surface area contributed by atoms with Crippen LogP contribution in [0.1, 0.15) is 25.3 Å². The molecule has 2 heterocycles. The number of likely N-dealkylation sites (tertiary alicyclic amines) is 1. The van der Waals surface area contributed by atoms with Gasteiger partial charge >= 0.3 is 0 Å². The first kappa shape index (κ1) is 10.6. The SMILES string of the molecule is CC(C)(c1nccs1)N1CC(N)CC1=O. The number of nitrogens with zero attached hydrogens (tertiary/aromatic N) is 2.